The molecule has 0 spiro atoms. The molecule has 5 rings (SSSR count). The standard InChI is InChI=1S/C27H25Cl2N3/c1-18-12-13-31-25(14-18)27(17-30)15-19-10-11-20(16-27)32(19)26(21-6-2-4-8-23(21)28)22-7-3-5-9-24(22)29/h2-9,12-14,19-20,26H,10-11,15-16H2,1H3. The van der Waals surface area contributed by atoms with Crippen molar-refractivity contribution in [3.63, 3.8) is 0 Å². The average molecular weight is 462 g/mol. The molecule has 3 heterocycles. The number of halogens is 2. The zero-order valence-electron chi connectivity index (χ0n) is 18.0. The van der Waals surface area contributed by atoms with E-state index in [4.69, 9.17) is 23.2 Å². The van der Waals surface area contributed by atoms with Crippen molar-refractivity contribution in [1.29, 1.82) is 5.26 Å². The molecule has 2 aliphatic rings. The molecular weight excluding hydrogens is 437 g/mol. The molecule has 5 heteroatoms. The quantitative estimate of drug-likeness (QED) is 0.425. The highest BCUT2D eigenvalue weighted by Crippen LogP contribution is 2.52. The van der Waals surface area contributed by atoms with E-state index in [1.54, 1.807) is 0 Å². The Morgan fingerprint density at radius 3 is 2.03 bits per heavy atom. The number of fused-ring (bicyclic) bond motifs is 2. The van der Waals surface area contributed by atoms with Gasteiger partial charge in [0.25, 0.3) is 0 Å². The summed E-state index contributed by atoms with van der Waals surface area (Å²) < 4.78 is 0. The zero-order chi connectivity index (χ0) is 22.3. The fraction of sp³-hybridized carbons (Fsp3) is 0.333. The van der Waals surface area contributed by atoms with Gasteiger partial charge in [-0.25, -0.2) is 0 Å². The number of aromatic nitrogens is 1. The monoisotopic (exact) mass is 461 g/mol. The average Bonchev–Trinajstić information content (AvgIpc) is 3.06. The van der Waals surface area contributed by atoms with Crippen molar-refractivity contribution in [1.82, 2.24) is 9.88 Å². The minimum Gasteiger partial charge on any atom is -0.286 e. The second kappa shape index (κ2) is 8.52. The van der Waals surface area contributed by atoms with Crippen LogP contribution in [0.25, 0.3) is 0 Å². The first-order chi connectivity index (χ1) is 15.5. The molecule has 0 aliphatic carbocycles. The highest BCUT2D eigenvalue weighted by molar-refractivity contribution is 6.32. The third-order valence-corrected chi connectivity index (χ3v) is 7.85. The summed E-state index contributed by atoms with van der Waals surface area (Å²) in [5.74, 6) is 0. The van der Waals surface area contributed by atoms with E-state index in [1.165, 1.54) is 0 Å². The smallest absolute Gasteiger partial charge is 0.102 e. The van der Waals surface area contributed by atoms with Gasteiger partial charge in [0.15, 0.2) is 0 Å². The molecule has 2 aromatic carbocycles. The van der Waals surface area contributed by atoms with Gasteiger partial charge >= 0.3 is 0 Å². The number of rotatable bonds is 4. The number of aryl methyl sites for hydroxylation is 1. The highest BCUT2D eigenvalue weighted by atomic mass is 35.5. The number of benzene rings is 2. The van der Waals surface area contributed by atoms with Crippen molar-refractivity contribution in [3.8, 4) is 6.07 Å². The Labute approximate surface area is 199 Å². The Morgan fingerprint density at radius 1 is 0.969 bits per heavy atom. The number of piperidine rings is 1. The van der Waals surface area contributed by atoms with Crippen LogP contribution in [0.3, 0.4) is 0 Å². The predicted octanol–water partition coefficient (Wildman–Crippen LogP) is 6.87. The molecule has 2 fully saturated rings. The lowest BCUT2D eigenvalue weighted by Gasteiger charge is -2.47. The molecule has 0 amide bonds. The second-order valence-electron chi connectivity index (χ2n) is 9.10. The Balaban J connectivity index is 1.59. The first kappa shape index (κ1) is 21.5. The van der Waals surface area contributed by atoms with Gasteiger partial charge in [0.05, 0.1) is 17.8 Å². The van der Waals surface area contributed by atoms with Gasteiger partial charge < -0.3 is 0 Å². The van der Waals surface area contributed by atoms with Crippen LogP contribution in [0.2, 0.25) is 10.0 Å². The fourth-order valence-electron chi connectivity index (χ4n) is 5.74. The maximum absolute atomic E-state index is 10.3. The summed E-state index contributed by atoms with van der Waals surface area (Å²) in [6.07, 6.45) is 5.48. The number of nitriles is 1. The Morgan fingerprint density at radius 2 is 1.53 bits per heavy atom. The Hall–Kier alpha value is -2.38. The molecule has 2 aliphatic heterocycles. The normalized spacial score (nSPS) is 25.1. The van der Waals surface area contributed by atoms with Crippen molar-refractivity contribution >= 4 is 23.2 Å². The van der Waals surface area contributed by atoms with Crippen LogP contribution in [0.1, 0.15) is 54.1 Å². The van der Waals surface area contributed by atoms with Crippen LogP contribution in [0.5, 0.6) is 0 Å². The van der Waals surface area contributed by atoms with Crippen LogP contribution in [-0.4, -0.2) is 22.0 Å². The first-order valence-electron chi connectivity index (χ1n) is 11.1. The van der Waals surface area contributed by atoms with Gasteiger partial charge in [-0.15, -0.1) is 0 Å². The van der Waals surface area contributed by atoms with Crippen LogP contribution in [0.4, 0.5) is 0 Å². The van der Waals surface area contributed by atoms with Crippen LogP contribution in [0.15, 0.2) is 66.9 Å². The topological polar surface area (TPSA) is 39.9 Å². The van der Waals surface area contributed by atoms with Gasteiger partial charge in [0.2, 0.25) is 0 Å². The summed E-state index contributed by atoms with van der Waals surface area (Å²) in [7, 11) is 0. The lowest BCUT2D eigenvalue weighted by molar-refractivity contribution is 0.0740. The summed E-state index contributed by atoms with van der Waals surface area (Å²) in [5, 5.41) is 11.8. The molecule has 2 atom stereocenters. The third-order valence-electron chi connectivity index (χ3n) is 7.16. The Bertz CT molecular complexity index is 1130. The lowest BCUT2D eigenvalue weighted by atomic mass is 9.72. The van der Waals surface area contributed by atoms with Crippen molar-refractivity contribution < 1.29 is 0 Å². The van der Waals surface area contributed by atoms with Crippen LogP contribution in [0, 0.1) is 18.3 Å². The molecule has 2 unspecified atom stereocenters. The summed E-state index contributed by atoms with van der Waals surface area (Å²) in [6.45, 7) is 2.06. The molecule has 0 N–H and O–H groups in total. The Kier molecular flexibility index (Phi) is 5.72. The van der Waals surface area contributed by atoms with Crippen LogP contribution < -0.4 is 0 Å². The van der Waals surface area contributed by atoms with Gasteiger partial charge in [-0.2, -0.15) is 5.26 Å². The first-order valence-corrected chi connectivity index (χ1v) is 11.9. The summed E-state index contributed by atoms with van der Waals surface area (Å²) >= 11 is 13.4. The SMILES string of the molecule is Cc1ccnc(C2(C#N)CC3CCC(C2)N3C(c2ccccc2Cl)c2ccccc2Cl)c1. The molecule has 2 saturated heterocycles. The number of pyridine rings is 1. The van der Waals surface area contributed by atoms with Crippen molar-refractivity contribution in [3.05, 3.63) is 99.3 Å². The second-order valence-corrected chi connectivity index (χ2v) is 9.91. The summed E-state index contributed by atoms with van der Waals surface area (Å²) in [6, 6.07) is 23.3. The fourth-order valence-corrected chi connectivity index (χ4v) is 6.22. The van der Waals surface area contributed by atoms with Crippen molar-refractivity contribution in [2.45, 2.75) is 56.1 Å². The summed E-state index contributed by atoms with van der Waals surface area (Å²) in [5.41, 5.74) is 3.63. The van der Waals surface area contributed by atoms with Gasteiger partial charge in [0.1, 0.15) is 5.41 Å². The predicted molar refractivity (Wildman–Crippen MR) is 129 cm³/mol. The van der Waals surface area contributed by atoms with E-state index in [0.29, 0.717) is 0 Å². The van der Waals surface area contributed by atoms with Crippen molar-refractivity contribution in [2.24, 2.45) is 0 Å². The molecule has 3 aromatic rings. The maximum atomic E-state index is 10.3. The molecule has 32 heavy (non-hydrogen) atoms. The highest BCUT2D eigenvalue weighted by Gasteiger charge is 2.52. The van der Waals surface area contributed by atoms with E-state index in [2.05, 4.69) is 41.1 Å². The molecular formula is C27H25Cl2N3. The molecule has 0 radical (unpaired) electrons. The molecule has 1 aromatic heterocycles. The largest absolute Gasteiger partial charge is 0.286 e. The van der Waals surface area contributed by atoms with E-state index >= 15 is 0 Å². The molecule has 2 bridgehead atoms. The lowest BCUT2D eigenvalue weighted by Crippen LogP contribution is -2.51. The molecule has 162 valence electrons. The molecule has 0 saturated carbocycles. The number of hydrogen-bond donors (Lipinski definition) is 0. The molecule has 3 nitrogen and oxygen atoms in total. The maximum Gasteiger partial charge on any atom is 0.102 e. The van der Waals surface area contributed by atoms with Gasteiger partial charge in [-0.05, 0) is 73.6 Å². The van der Waals surface area contributed by atoms with Gasteiger partial charge in [0, 0.05) is 28.3 Å². The third kappa shape index (κ3) is 3.61. The van der Waals surface area contributed by atoms with Crippen LogP contribution >= 0.6 is 23.2 Å². The van der Waals surface area contributed by atoms with E-state index < -0.39 is 5.41 Å². The number of nitrogens with zero attached hydrogens (tertiary/aromatic N) is 3. The van der Waals surface area contributed by atoms with E-state index in [0.717, 1.165) is 58.1 Å². The zero-order valence-corrected chi connectivity index (χ0v) is 19.5. The van der Waals surface area contributed by atoms with E-state index in [9.17, 15) is 5.26 Å². The minimum absolute atomic E-state index is 0.0444. The van der Waals surface area contributed by atoms with E-state index in [1.807, 2.05) is 48.7 Å². The number of hydrogen-bond acceptors (Lipinski definition) is 3. The van der Waals surface area contributed by atoms with Gasteiger partial charge in [-0.1, -0.05) is 59.6 Å². The van der Waals surface area contributed by atoms with Gasteiger partial charge in [-0.3, -0.25) is 9.88 Å². The summed E-state index contributed by atoms with van der Waals surface area (Å²) in [4.78, 5) is 7.21. The van der Waals surface area contributed by atoms with Crippen LogP contribution in [-0.2, 0) is 5.41 Å². The minimum atomic E-state index is -0.556. The van der Waals surface area contributed by atoms with Crippen molar-refractivity contribution in [2.75, 3.05) is 0 Å². The van der Waals surface area contributed by atoms with E-state index in [-0.39, 0.29) is 18.1 Å².